The molecule has 0 aliphatic rings. The Bertz CT molecular complexity index is 210. The number of rotatable bonds is 7. The van der Waals surface area contributed by atoms with E-state index in [1.807, 2.05) is 0 Å². The monoisotopic (exact) mass is 209 g/mol. The van der Waals surface area contributed by atoms with Crippen molar-refractivity contribution in [3.63, 3.8) is 0 Å². The molecule has 14 heavy (non-hydrogen) atoms. The lowest BCUT2D eigenvalue weighted by Crippen LogP contribution is -2.38. The molecule has 0 radical (unpaired) electrons. The lowest BCUT2D eigenvalue weighted by atomic mass is 10.4. The van der Waals surface area contributed by atoms with Crippen molar-refractivity contribution >= 4 is 0 Å². The van der Waals surface area contributed by atoms with Crippen LogP contribution in [0.3, 0.4) is 0 Å². The highest BCUT2D eigenvalue weighted by atomic mass is 17.0. The third-order valence-corrected chi connectivity index (χ3v) is 1.33. The van der Waals surface area contributed by atoms with Gasteiger partial charge in [0.25, 0.3) is 5.09 Å². The predicted octanol–water partition coefficient (Wildman–Crippen LogP) is -0.667. The van der Waals surface area contributed by atoms with E-state index in [1.165, 1.54) is 14.2 Å². The molecule has 0 spiro atoms. The van der Waals surface area contributed by atoms with E-state index >= 15 is 0 Å². The molecule has 9 nitrogen and oxygen atoms in total. The minimum atomic E-state index is -1.00. The van der Waals surface area contributed by atoms with Gasteiger partial charge in [0.2, 0.25) is 0 Å². The van der Waals surface area contributed by atoms with Gasteiger partial charge in [-0.1, -0.05) is 0 Å². The Morgan fingerprint density at radius 1 is 1.43 bits per heavy atom. The van der Waals surface area contributed by atoms with Crippen LogP contribution in [0.25, 0.3) is 0 Å². The summed E-state index contributed by atoms with van der Waals surface area (Å²) in [6.45, 7) is -0.305. The highest BCUT2D eigenvalue weighted by Gasteiger charge is 2.20. The topological polar surface area (TPSA) is 108 Å². The van der Waals surface area contributed by atoms with E-state index in [4.69, 9.17) is 0 Å². The van der Waals surface area contributed by atoms with Gasteiger partial charge in [-0.25, -0.2) is 10.1 Å². The van der Waals surface area contributed by atoms with Crippen molar-refractivity contribution in [1.29, 1.82) is 0 Å². The van der Waals surface area contributed by atoms with E-state index in [-0.39, 0.29) is 13.2 Å². The maximum Gasteiger partial charge on any atom is 0.294 e. The molecule has 0 saturated carbocycles. The number of likely N-dealkylation sites (N-methyl/N-ethyl adjacent to an activating group) is 1. The average molecular weight is 209 g/mol. The molecule has 0 N–H and O–H groups in total. The molecular weight excluding hydrogens is 198 g/mol. The van der Waals surface area contributed by atoms with Gasteiger partial charge in [0.1, 0.15) is 6.54 Å². The van der Waals surface area contributed by atoms with Crippen LogP contribution in [-0.4, -0.2) is 48.5 Å². The van der Waals surface area contributed by atoms with Gasteiger partial charge in [0.05, 0.1) is 13.7 Å². The maximum atomic E-state index is 10.2. The molecule has 0 amide bonds. The number of hydrogen-bond acceptors (Lipinski definition) is 6. The van der Waals surface area contributed by atoms with Gasteiger partial charge in [-0.2, -0.15) is 0 Å². The van der Waals surface area contributed by atoms with Crippen molar-refractivity contribution in [3.8, 4) is 0 Å². The Labute approximate surface area is 79.4 Å². The number of methoxy groups -OCH3 is 1. The largest absolute Gasteiger partial charge is 0.382 e. The summed E-state index contributed by atoms with van der Waals surface area (Å²) in [5.74, 6) is 0. The molecule has 1 atom stereocenters. The summed E-state index contributed by atoms with van der Waals surface area (Å²) >= 11 is 0. The highest BCUT2D eigenvalue weighted by molar-refractivity contribution is 4.55. The molecule has 0 fully saturated rings. The van der Waals surface area contributed by atoms with Crippen LogP contribution in [0.1, 0.15) is 0 Å². The Balaban J connectivity index is 4.07. The molecule has 0 rings (SSSR count). The molecule has 0 saturated heterocycles. The van der Waals surface area contributed by atoms with Crippen LogP contribution in [0.15, 0.2) is 0 Å². The molecule has 0 aromatic carbocycles. The minimum Gasteiger partial charge on any atom is -0.382 e. The van der Waals surface area contributed by atoms with Gasteiger partial charge in [0.15, 0.2) is 11.1 Å². The quantitative estimate of drug-likeness (QED) is 0.404. The molecule has 9 heteroatoms. The van der Waals surface area contributed by atoms with Gasteiger partial charge in [-0.05, 0) is 0 Å². The van der Waals surface area contributed by atoms with Crippen molar-refractivity contribution in [1.82, 2.24) is 5.01 Å². The van der Waals surface area contributed by atoms with E-state index in [1.54, 1.807) is 0 Å². The van der Waals surface area contributed by atoms with Gasteiger partial charge < -0.3 is 9.57 Å². The van der Waals surface area contributed by atoms with Crippen molar-refractivity contribution < 1.29 is 19.7 Å². The molecule has 0 heterocycles. The van der Waals surface area contributed by atoms with E-state index < -0.39 is 16.2 Å². The summed E-state index contributed by atoms with van der Waals surface area (Å²) in [7, 11) is 2.51. The third kappa shape index (κ3) is 5.09. The van der Waals surface area contributed by atoms with Crippen molar-refractivity contribution in [2.75, 3.05) is 27.3 Å². The number of hydrogen-bond donors (Lipinski definition) is 0. The fourth-order valence-electron chi connectivity index (χ4n) is 0.785. The Morgan fingerprint density at radius 3 is 2.36 bits per heavy atom. The summed E-state index contributed by atoms with van der Waals surface area (Å²) in [5, 5.41) is 19.2. The zero-order chi connectivity index (χ0) is 11.1. The van der Waals surface area contributed by atoms with Crippen LogP contribution in [-0.2, 0) is 9.57 Å². The Kier molecular flexibility index (Phi) is 5.22. The standard InChI is InChI=1S/C5H11N3O6/c1-6(7(9)10)3-5(4-13-2)14-8(11)12/h5H,3-4H2,1-2H3/t5-/m0/s1. The molecule has 82 valence electrons. The number of nitrogens with zero attached hydrogens (tertiary/aromatic N) is 3. The maximum absolute atomic E-state index is 10.2. The summed E-state index contributed by atoms with van der Waals surface area (Å²) in [4.78, 5) is 24.3. The van der Waals surface area contributed by atoms with Gasteiger partial charge >= 0.3 is 0 Å². The summed E-state index contributed by atoms with van der Waals surface area (Å²) in [6, 6.07) is 0. The SMILES string of the molecule is COC[C@H](CN(C)[N+](=O)[O-])O[N+](=O)[O-]. The molecule has 0 aromatic heterocycles. The van der Waals surface area contributed by atoms with E-state index in [0.29, 0.717) is 5.01 Å². The zero-order valence-electron chi connectivity index (χ0n) is 7.78. The van der Waals surface area contributed by atoms with Crippen molar-refractivity contribution in [2.24, 2.45) is 0 Å². The van der Waals surface area contributed by atoms with Crippen LogP contribution >= 0.6 is 0 Å². The average Bonchev–Trinajstić information content (AvgIpc) is 2.02. The molecule has 0 unspecified atom stereocenters. The summed E-state index contributed by atoms with van der Waals surface area (Å²) in [6.07, 6.45) is -0.967. The lowest BCUT2D eigenvalue weighted by Gasteiger charge is -2.16. The number of hydrazine groups is 1. The second kappa shape index (κ2) is 5.91. The minimum absolute atomic E-state index is 0.0842. The van der Waals surface area contributed by atoms with Crippen LogP contribution < -0.4 is 0 Å². The fraction of sp³-hybridized carbons (Fsp3) is 1.00. The van der Waals surface area contributed by atoms with Gasteiger partial charge in [0, 0.05) is 7.11 Å². The molecule has 0 aliphatic carbocycles. The summed E-state index contributed by atoms with van der Waals surface area (Å²) in [5.41, 5.74) is 0. The first-order valence-corrected chi connectivity index (χ1v) is 3.63. The zero-order valence-corrected chi connectivity index (χ0v) is 7.78. The second-order valence-corrected chi connectivity index (χ2v) is 2.48. The van der Waals surface area contributed by atoms with E-state index in [2.05, 4.69) is 9.57 Å². The number of ether oxygens (including phenoxy) is 1. The lowest BCUT2D eigenvalue weighted by molar-refractivity contribution is -0.772. The number of nitro groups is 1. The predicted molar refractivity (Wildman–Crippen MR) is 43.4 cm³/mol. The van der Waals surface area contributed by atoms with Crippen molar-refractivity contribution in [3.05, 3.63) is 20.2 Å². The first-order valence-electron chi connectivity index (χ1n) is 3.63. The molecular formula is C5H11N3O6. The summed E-state index contributed by atoms with van der Waals surface area (Å²) < 4.78 is 4.61. The third-order valence-electron chi connectivity index (χ3n) is 1.33. The van der Waals surface area contributed by atoms with Crippen LogP contribution in [0, 0.1) is 20.2 Å². The van der Waals surface area contributed by atoms with Crippen LogP contribution in [0.4, 0.5) is 0 Å². The Morgan fingerprint density at radius 2 is 2.00 bits per heavy atom. The normalized spacial score (nSPS) is 11.9. The van der Waals surface area contributed by atoms with E-state index in [9.17, 15) is 20.2 Å². The van der Waals surface area contributed by atoms with Crippen LogP contribution in [0.5, 0.6) is 0 Å². The van der Waals surface area contributed by atoms with Gasteiger partial charge in [-0.15, -0.1) is 15.1 Å². The fourth-order valence-corrected chi connectivity index (χ4v) is 0.785. The first kappa shape index (κ1) is 12.4. The second-order valence-electron chi connectivity index (χ2n) is 2.48. The van der Waals surface area contributed by atoms with Crippen molar-refractivity contribution in [2.45, 2.75) is 6.10 Å². The Hall–Kier alpha value is -1.64. The van der Waals surface area contributed by atoms with Gasteiger partial charge in [-0.3, -0.25) is 0 Å². The van der Waals surface area contributed by atoms with E-state index in [0.717, 1.165) is 0 Å². The smallest absolute Gasteiger partial charge is 0.294 e. The van der Waals surface area contributed by atoms with Crippen LogP contribution in [0.2, 0.25) is 0 Å². The molecule has 0 bridgehead atoms. The highest BCUT2D eigenvalue weighted by Crippen LogP contribution is 1.96. The molecule has 0 aliphatic heterocycles. The molecule has 0 aromatic rings. The first-order chi connectivity index (χ1) is 6.47.